The molecule has 0 radical (unpaired) electrons. The van der Waals surface area contributed by atoms with E-state index in [-0.39, 0.29) is 32.4 Å². The molecule has 1 aromatic heterocycles. The van der Waals surface area contributed by atoms with Crippen LogP contribution in [-0.4, -0.2) is 45.8 Å². The van der Waals surface area contributed by atoms with Crippen LogP contribution in [0.5, 0.6) is 17.2 Å². The van der Waals surface area contributed by atoms with Crippen molar-refractivity contribution in [2.45, 2.75) is 29.5 Å². The van der Waals surface area contributed by atoms with E-state index in [4.69, 9.17) is 9.47 Å². The molecule has 1 atom stereocenters. The van der Waals surface area contributed by atoms with E-state index in [0.717, 1.165) is 12.0 Å². The zero-order chi connectivity index (χ0) is 29.8. The molecule has 0 aliphatic carbocycles. The van der Waals surface area contributed by atoms with Gasteiger partial charge in [-0.25, -0.2) is 0 Å². The van der Waals surface area contributed by atoms with Gasteiger partial charge in [0.25, 0.3) is 5.78 Å². The van der Waals surface area contributed by atoms with Gasteiger partial charge in [-0.3, -0.25) is 14.5 Å². The Morgan fingerprint density at radius 1 is 1.10 bits per heavy atom. The number of benzene rings is 3. The molecule has 1 fully saturated rings. The summed E-state index contributed by atoms with van der Waals surface area (Å²) >= 11 is 5.96. The van der Waals surface area contributed by atoms with Gasteiger partial charge >= 0.3 is 5.91 Å². The van der Waals surface area contributed by atoms with Crippen LogP contribution in [0.2, 0.25) is 0 Å². The molecule has 1 aliphatic rings. The number of nitrogens with zero attached hydrogens (tertiary/aromatic N) is 3. The van der Waals surface area contributed by atoms with Crippen LogP contribution in [0.15, 0.2) is 81.1 Å². The minimum Gasteiger partial charge on any atom is -0.507 e. The highest BCUT2D eigenvalue weighted by atomic mass is 79.9. The Labute approximate surface area is 258 Å². The van der Waals surface area contributed by atoms with E-state index in [2.05, 4.69) is 26.1 Å². The third-order valence-corrected chi connectivity index (χ3v) is 9.17. The number of ether oxygens (including phenoxy) is 2. The monoisotopic (exact) mass is 667 g/mol. The minimum atomic E-state index is -1.08. The van der Waals surface area contributed by atoms with Crippen molar-refractivity contribution in [2.75, 3.05) is 18.6 Å². The lowest BCUT2D eigenvalue weighted by Gasteiger charge is -2.23. The second-order valence-corrected chi connectivity index (χ2v) is 12.3. The highest BCUT2D eigenvalue weighted by Crippen LogP contribution is 2.47. The summed E-state index contributed by atoms with van der Waals surface area (Å²) in [6.07, 6.45) is 0.842. The quantitative estimate of drug-likeness (QED) is 0.0624. The summed E-state index contributed by atoms with van der Waals surface area (Å²) in [5, 5.41) is 30.6. The summed E-state index contributed by atoms with van der Waals surface area (Å²) in [4.78, 5) is 28.3. The zero-order valence-electron chi connectivity index (χ0n) is 22.6. The molecule has 3 aromatic carbocycles. The number of phenolic OH excluding ortho intramolecular Hbond substituents is 1. The SMILES string of the molecule is CCCOc1ccc(/C(O)=C2\C(=O)C(=O)N(c3nnc(SCc4ccccc4)s3)C2c2cc(Br)c(O)c(OC)c2)cc1. The number of hydrogen-bond donors (Lipinski definition) is 2. The van der Waals surface area contributed by atoms with E-state index in [1.54, 1.807) is 30.3 Å². The lowest BCUT2D eigenvalue weighted by molar-refractivity contribution is -0.132. The Balaban J connectivity index is 1.57. The van der Waals surface area contributed by atoms with Gasteiger partial charge in [0.2, 0.25) is 5.13 Å². The molecule has 2 N–H and O–H groups in total. The van der Waals surface area contributed by atoms with Gasteiger partial charge in [0.1, 0.15) is 11.5 Å². The van der Waals surface area contributed by atoms with E-state index in [0.29, 0.717) is 33.6 Å². The first-order valence-electron chi connectivity index (χ1n) is 12.9. The highest BCUT2D eigenvalue weighted by Gasteiger charge is 2.48. The third kappa shape index (κ3) is 6.01. The molecule has 0 spiro atoms. The number of anilines is 1. The standard InChI is InChI=1S/C30H26BrN3O6S2/c1-3-13-40-20-11-9-18(10-12-20)25(35)23-24(19-14-21(31)26(36)22(15-19)39-2)34(28(38)27(23)37)29-32-33-30(42-29)41-16-17-7-5-4-6-8-17/h4-12,14-15,24,35-36H,3,13,16H2,1-2H3/b25-23+. The molecule has 5 rings (SSSR count). The van der Waals surface area contributed by atoms with Crippen LogP contribution >= 0.6 is 39.0 Å². The number of Topliss-reactive ketones (excluding diaryl/α,β-unsaturated/α-hetero) is 1. The first kappa shape index (κ1) is 29.6. The second-order valence-electron chi connectivity index (χ2n) is 9.22. The van der Waals surface area contributed by atoms with Gasteiger partial charge in [-0.2, -0.15) is 0 Å². The predicted molar refractivity (Wildman–Crippen MR) is 165 cm³/mol. The van der Waals surface area contributed by atoms with Gasteiger partial charge in [0, 0.05) is 11.3 Å². The Morgan fingerprint density at radius 2 is 1.83 bits per heavy atom. The molecular formula is C30H26BrN3O6S2. The fourth-order valence-electron chi connectivity index (χ4n) is 4.41. The van der Waals surface area contributed by atoms with Crippen molar-refractivity contribution < 1.29 is 29.3 Å². The zero-order valence-corrected chi connectivity index (χ0v) is 25.8. The number of phenols is 1. The second kappa shape index (κ2) is 13.0. The Bertz CT molecular complexity index is 1640. The van der Waals surface area contributed by atoms with E-state index in [1.807, 2.05) is 37.3 Å². The van der Waals surface area contributed by atoms with Crippen LogP contribution in [-0.2, 0) is 15.3 Å². The maximum atomic E-state index is 13.6. The average Bonchev–Trinajstić information content (AvgIpc) is 3.58. The topological polar surface area (TPSA) is 122 Å². The molecule has 1 amide bonds. The number of aliphatic hydroxyl groups is 1. The molecule has 1 unspecified atom stereocenters. The normalized spacial score (nSPS) is 16.2. The van der Waals surface area contributed by atoms with Crippen LogP contribution in [0, 0.1) is 0 Å². The van der Waals surface area contributed by atoms with Gasteiger partial charge in [-0.05, 0) is 69.9 Å². The number of methoxy groups -OCH3 is 1. The van der Waals surface area contributed by atoms with Gasteiger partial charge in [-0.1, -0.05) is 60.4 Å². The molecule has 0 bridgehead atoms. The van der Waals surface area contributed by atoms with E-state index in [9.17, 15) is 19.8 Å². The number of aliphatic hydroxyl groups excluding tert-OH is 1. The lowest BCUT2D eigenvalue weighted by atomic mass is 9.95. The molecule has 2 heterocycles. The molecule has 12 heteroatoms. The highest BCUT2D eigenvalue weighted by molar-refractivity contribution is 9.10. The number of aromatic nitrogens is 2. The van der Waals surface area contributed by atoms with Gasteiger partial charge < -0.3 is 19.7 Å². The summed E-state index contributed by atoms with van der Waals surface area (Å²) in [7, 11) is 1.39. The molecule has 216 valence electrons. The molecule has 4 aromatic rings. The summed E-state index contributed by atoms with van der Waals surface area (Å²) in [5.41, 5.74) is 1.72. The summed E-state index contributed by atoms with van der Waals surface area (Å²) in [5.74, 6) is -0.835. The maximum Gasteiger partial charge on any atom is 0.301 e. The van der Waals surface area contributed by atoms with Crippen LogP contribution in [0.3, 0.4) is 0 Å². The summed E-state index contributed by atoms with van der Waals surface area (Å²) in [6, 6.07) is 18.5. The van der Waals surface area contributed by atoms with Crippen molar-refractivity contribution >= 4 is 61.6 Å². The van der Waals surface area contributed by atoms with Crippen molar-refractivity contribution in [3.8, 4) is 17.2 Å². The number of thioether (sulfide) groups is 1. The minimum absolute atomic E-state index is 0.124. The van der Waals surface area contributed by atoms with E-state index >= 15 is 0 Å². The third-order valence-electron chi connectivity index (χ3n) is 6.44. The number of aromatic hydroxyl groups is 1. The van der Waals surface area contributed by atoms with Gasteiger partial charge in [-0.15, -0.1) is 10.2 Å². The van der Waals surface area contributed by atoms with Crippen molar-refractivity contribution in [3.63, 3.8) is 0 Å². The van der Waals surface area contributed by atoms with Crippen molar-refractivity contribution in [2.24, 2.45) is 0 Å². The first-order valence-corrected chi connectivity index (χ1v) is 15.5. The van der Waals surface area contributed by atoms with Gasteiger partial charge in [0.15, 0.2) is 15.8 Å². The number of ketones is 1. The fraction of sp³-hybridized carbons (Fsp3) is 0.200. The van der Waals surface area contributed by atoms with Crippen LogP contribution in [0.4, 0.5) is 5.13 Å². The Kier molecular flexibility index (Phi) is 9.15. The van der Waals surface area contributed by atoms with Crippen LogP contribution < -0.4 is 14.4 Å². The number of halogens is 1. The van der Waals surface area contributed by atoms with Crippen molar-refractivity contribution in [3.05, 3.63) is 93.5 Å². The van der Waals surface area contributed by atoms with Gasteiger partial charge in [0.05, 0.1) is 29.8 Å². The molecule has 42 heavy (non-hydrogen) atoms. The fourth-order valence-corrected chi connectivity index (χ4v) is 6.70. The molecule has 9 nitrogen and oxygen atoms in total. The van der Waals surface area contributed by atoms with Crippen molar-refractivity contribution in [1.82, 2.24) is 10.2 Å². The van der Waals surface area contributed by atoms with E-state index in [1.165, 1.54) is 41.2 Å². The lowest BCUT2D eigenvalue weighted by Crippen LogP contribution is -2.29. The predicted octanol–water partition coefficient (Wildman–Crippen LogP) is 6.72. The molecular weight excluding hydrogens is 642 g/mol. The number of amides is 1. The number of rotatable bonds is 10. The van der Waals surface area contributed by atoms with Crippen molar-refractivity contribution in [1.29, 1.82) is 0 Å². The molecule has 1 aliphatic heterocycles. The summed E-state index contributed by atoms with van der Waals surface area (Å²) < 4.78 is 11.9. The van der Waals surface area contributed by atoms with Crippen LogP contribution in [0.25, 0.3) is 5.76 Å². The largest absolute Gasteiger partial charge is 0.507 e. The molecule has 1 saturated heterocycles. The number of carbonyl (C=O) groups excluding carboxylic acids is 2. The maximum absolute atomic E-state index is 13.6. The van der Waals surface area contributed by atoms with Crippen LogP contribution in [0.1, 0.15) is 36.1 Å². The molecule has 0 saturated carbocycles. The number of carbonyl (C=O) groups is 2. The number of hydrogen-bond acceptors (Lipinski definition) is 10. The average molecular weight is 669 g/mol. The Morgan fingerprint density at radius 3 is 2.52 bits per heavy atom. The Hall–Kier alpha value is -3.87. The van der Waals surface area contributed by atoms with E-state index < -0.39 is 17.7 Å². The first-order chi connectivity index (χ1) is 20.3. The summed E-state index contributed by atoms with van der Waals surface area (Å²) in [6.45, 7) is 2.54. The smallest absolute Gasteiger partial charge is 0.301 e.